The summed E-state index contributed by atoms with van der Waals surface area (Å²) < 4.78 is 68.8. The zero-order chi connectivity index (χ0) is 75.6. The molecule has 0 saturated heterocycles. The fraction of sp³-hybridized carbons (Fsp3) is 0.952. The minimum absolute atomic E-state index is 0.106. The van der Waals surface area contributed by atoms with Crippen LogP contribution in [0, 0.1) is 11.8 Å². The first-order chi connectivity index (χ1) is 49.9. The number of unbranched alkanes of at least 4 members (excludes halogenated alkanes) is 53. The Morgan fingerprint density at radius 1 is 0.262 bits per heavy atom. The molecule has 5 atom stereocenters. The highest BCUT2D eigenvalue weighted by atomic mass is 31.2. The Hall–Kier alpha value is -1.94. The molecule has 0 aliphatic heterocycles. The maximum absolute atomic E-state index is 13.1. The Labute approximate surface area is 632 Å². The van der Waals surface area contributed by atoms with Gasteiger partial charge in [-0.3, -0.25) is 37.3 Å². The SMILES string of the molecule is CCCCCCCCCCCCCCCCCCCCCCCCC(=O)O[C@H](COC(=O)CCCCCCCCCCCCCCCCCC)COP(=O)(O)OC[C@@H](O)COP(=O)(O)OC[C@@H](COC(=O)CCCCCCCCCCC(C)C)OC(=O)CCCCCCCCCCCCCC(C)C. The highest BCUT2D eigenvalue weighted by Crippen LogP contribution is 2.45. The van der Waals surface area contributed by atoms with Crippen LogP contribution in [0.3, 0.4) is 0 Å². The molecule has 19 heteroatoms. The van der Waals surface area contributed by atoms with Crippen molar-refractivity contribution in [2.24, 2.45) is 11.8 Å². The molecule has 0 amide bonds. The second-order valence-corrected chi connectivity index (χ2v) is 34.1. The summed E-state index contributed by atoms with van der Waals surface area (Å²) in [5.41, 5.74) is 0. The Balaban J connectivity index is 5.22. The van der Waals surface area contributed by atoms with E-state index in [1.54, 1.807) is 0 Å². The predicted molar refractivity (Wildman–Crippen MR) is 423 cm³/mol. The standard InChI is InChI=1S/C84H164O17P2/c1-7-9-11-13-15-17-19-21-23-25-26-27-28-29-30-32-34-38-42-50-56-62-68-83(88)100-79(72-94-81(86)66-60-54-48-41-37-33-31-24-22-20-18-16-14-12-10-8-2)74-98-102(90,91)96-70-78(85)71-97-103(92,93)99-75-80(73-95-82(87)67-61-55-49-45-44-47-53-59-65-77(5)6)101-84(89)69-63-57-51-43-39-35-36-40-46-52-58-64-76(3)4/h76-80,85H,7-75H2,1-6H3,(H,90,91)(H,92,93)/t78-,79-,80-/m1/s1. The van der Waals surface area contributed by atoms with Gasteiger partial charge in [0.2, 0.25) is 0 Å². The number of rotatable bonds is 83. The van der Waals surface area contributed by atoms with Crippen LogP contribution in [0.25, 0.3) is 0 Å². The molecular weight excluding hydrogens is 1340 g/mol. The second-order valence-electron chi connectivity index (χ2n) is 31.2. The van der Waals surface area contributed by atoms with E-state index in [9.17, 15) is 43.2 Å². The van der Waals surface area contributed by atoms with E-state index in [-0.39, 0.29) is 25.7 Å². The van der Waals surface area contributed by atoms with Crippen LogP contribution in [0.5, 0.6) is 0 Å². The molecule has 0 fully saturated rings. The van der Waals surface area contributed by atoms with Gasteiger partial charge in [-0.25, -0.2) is 9.13 Å². The van der Waals surface area contributed by atoms with E-state index >= 15 is 0 Å². The third-order valence-corrected chi connectivity index (χ3v) is 21.6. The summed E-state index contributed by atoms with van der Waals surface area (Å²) in [4.78, 5) is 73.1. The predicted octanol–water partition coefficient (Wildman–Crippen LogP) is 25.5. The van der Waals surface area contributed by atoms with Crippen LogP contribution in [0.1, 0.15) is 446 Å². The summed E-state index contributed by atoms with van der Waals surface area (Å²) in [7, 11) is -9.92. The van der Waals surface area contributed by atoms with Crippen molar-refractivity contribution in [3.8, 4) is 0 Å². The lowest BCUT2D eigenvalue weighted by Crippen LogP contribution is -2.30. The van der Waals surface area contributed by atoms with Crippen LogP contribution in [0.2, 0.25) is 0 Å². The van der Waals surface area contributed by atoms with Crippen molar-refractivity contribution in [3.05, 3.63) is 0 Å². The average Bonchev–Trinajstić information content (AvgIpc) is 0.908. The Morgan fingerprint density at radius 3 is 0.660 bits per heavy atom. The Kier molecular flexibility index (Phi) is 74.1. The minimum Gasteiger partial charge on any atom is -0.462 e. The lowest BCUT2D eigenvalue weighted by Gasteiger charge is -2.21. The van der Waals surface area contributed by atoms with E-state index in [1.807, 2.05) is 0 Å². The maximum atomic E-state index is 13.1. The highest BCUT2D eigenvalue weighted by Gasteiger charge is 2.30. The monoisotopic (exact) mass is 1510 g/mol. The van der Waals surface area contributed by atoms with Crippen molar-refractivity contribution in [1.82, 2.24) is 0 Å². The molecule has 2 unspecified atom stereocenters. The van der Waals surface area contributed by atoms with Gasteiger partial charge in [0, 0.05) is 25.7 Å². The molecule has 0 rings (SSSR count). The van der Waals surface area contributed by atoms with Crippen LogP contribution < -0.4 is 0 Å². The van der Waals surface area contributed by atoms with Crippen LogP contribution in [0.15, 0.2) is 0 Å². The number of carbonyl (C=O) groups is 4. The molecule has 0 aliphatic rings. The fourth-order valence-electron chi connectivity index (χ4n) is 13.1. The first-order valence-electron chi connectivity index (χ1n) is 43.5. The van der Waals surface area contributed by atoms with E-state index < -0.39 is 97.5 Å². The highest BCUT2D eigenvalue weighted by molar-refractivity contribution is 7.47. The third kappa shape index (κ3) is 78.0. The van der Waals surface area contributed by atoms with Crippen LogP contribution in [-0.2, 0) is 65.4 Å². The van der Waals surface area contributed by atoms with E-state index in [0.717, 1.165) is 102 Å². The van der Waals surface area contributed by atoms with Crippen LogP contribution in [0.4, 0.5) is 0 Å². The van der Waals surface area contributed by atoms with Crippen LogP contribution in [-0.4, -0.2) is 96.7 Å². The number of carbonyl (C=O) groups excluding carboxylic acids is 4. The van der Waals surface area contributed by atoms with Gasteiger partial charge in [-0.15, -0.1) is 0 Å². The summed E-state index contributed by atoms with van der Waals surface area (Å²) >= 11 is 0. The summed E-state index contributed by atoms with van der Waals surface area (Å²) in [6, 6.07) is 0. The number of phosphoric acid groups is 2. The Morgan fingerprint density at radius 2 is 0.447 bits per heavy atom. The maximum Gasteiger partial charge on any atom is 0.472 e. The first-order valence-corrected chi connectivity index (χ1v) is 46.5. The fourth-order valence-corrected chi connectivity index (χ4v) is 14.6. The lowest BCUT2D eigenvalue weighted by molar-refractivity contribution is -0.161. The van der Waals surface area contributed by atoms with Gasteiger partial charge in [0.05, 0.1) is 26.4 Å². The molecule has 3 N–H and O–H groups in total. The van der Waals surface area contributed by atoms with Crippen molar-refractivity contribution < 1.29 is 80.2 Å². The number of esters is 4. The molecule has 0 aliphatic carbocycles. The molecule has 0 bridgehead atoms. The summed E-state index contributed by atoms with van der Waals surface area (Å²) in [5, 5.41) is 10.7. The normalized spacial score (nSPS) is 13.9. The van der Waals surface area contributed by atoms with Crippen LogP contribution >= 0.6 is 15.6 Å². The zero-order valence-corrected chi connectivity index (χ0v) is 69.4. The van der Waals surface area contributed by atoms with E-state index in [0.29, 0.717) is 25.7 Å². The first kappa shape index (κ1) is 101. The molecule has 0 aromatic carbocycles. The lowest BCUT2D eigenvalue weighted by atomic mass is 10.0. The van der Waals surface area contributed by atoms with Gasteiger partial charge in [0.25, 0.3) is 0 Å². The largest absolute Gasteiger partial charge is 0.472 e. The quantitative estimate of drug-likeness (QED) is 0.0222. The topological polar surface area (TPSA) is 237 Å². The van der Waals surface area contributed by atoms with E-state index in [2.05, 4.69) is 41.5 Å². The van der Waals surface area contributed by atoms with Gasteiger partial charge in [0.15, 0.2) is 12.2 Å². The van der Waals surface area contributed by atoms with Crippen molar-refractivity contribution in [2.45, 2.75) is 464 Å². The molecule has 612 valence electrons. The molecule has 0 spiro atoms. The number of aliphatic hydroxyl groups excluding tert-OH is 1. The molecule has 0 aromatic rings. The van der Waals surface area contributed by atoms with Crippen molar-refractivity contribution in [3.63, 3.8) is 0 Å². The summed E-state index contributed by atoms with van der Waals surface area (Å²) in [6.45, 7) is 9.62. The van der Waals surface area contributed by atoms with Gasteiger partial charge in [-0.2, -0.15) is 0 Å². The van der Waals surface area contributed by atoms with Crippen molar-refractivity contribution in [1.29, 1.82) is 0 Å². The van der Waals surface area contributed by atoms with Crippen molar-refractivity contribution >= 4 is 39.5 Å². The number of hydrogen-bond acceptors (Lipinski definition) is 15. The summed E-state index contributed by atoms with van der Waals surface area (Å²) in [6.07, 6.45) is 66.8. The van der Waals surface area contributed by atoms with Gasteiger partial charge in [-0.05, 0) is 37.5 Å². The molecular formula is C84H164O17P2. The Bertz CT molecular complexity index is 1980. The minimum atomic E-state index is -4.96. The molecule has 0 radical (unpaired) electrons. The molecule has 0 aromatic heterocycles. The number of ether oxygens (including phenoxy) is 4. The number of hydrogen-bond donors (Lipinski definition) is 3. The van der Waals surface area contributed by atoms with Gasteiger partial charge < -0.3 is 33.8 Å². The molecule has 0 heterocycles. The van der Waals surface area contributed by atoms with E-state index in [1.165, 1.54) is 263 Å². The number of phosphoric ester groups is 2. The summed E-state index contributed by atoms with van der Waals surface area (Å²) in [5.74, 6) is -0.615. The smallest absolute Gasteiger partial charge is 0.462 e. The molecule has 103 heavy (non-hydrogen) atoms. The molecule has 0 saturated carbocycles. The van der Waals surface area contributed by atoms with Crippen molar-refractivity contribution in [2.75, 3.05) is 39.6 Å². The number of aliphatic hydroxyl groups is 1. The van der Waals surface area contributed by atoms with E-state index in [4.69, 9.17) is 37.0 Å². The van der Waals surface area contributed by atoms with Gasteiger partial charge in [0.1, 0.15) is 19.3 Å². The van der Waals surface area contributed by atoms with Gasteiger partial charge >= 0.3 is 39.5 Å². The van der Waals surface area contributed by atoms with Gasteiger partial charge in [-0.1, -0.05) is 395 Å². The molecule has 17 nitrogen and oxygen atoms in total. The second kappa shape index (κ2) is 75.5. The zero-order valence-electron chi connectivity index (χ0n) is 67.6. The average molecular weight is 1510 g/mol. The third-order valence-electron chi connectivity index (χ3n) is 19.7.